The Morgan fingerprint density at radius 1 is 1.00 bits per heavy atom. The Morgan fingerprint density at radius 3 is 2.11 bits per heavy atom. The van der Waals surface area contributed by atoms with E-state index in [1.165, 1.54) is 0 Å². The van der Waals surface area contributed by atoms with Crippen molar-refractivity contribution in [2.24, 2.45) is 0 Å². The Morgan fingerprint density at radius 2 is 1.56 bits per heavy atom. The van der Waals surface area contributed by atoms with Crippen LogP contribution in [0.25, 0.3) is 0 Å². The van der Waals surface area contributed by atoms with E-state index in [0.29, 0.717) is 6.42 Å². The van der Waals surface area contributed by atoms with Gasteiger partial charge in [-0.2, -0.15) is 5.26 Å². The normalized spacial score (nSPS) is 11.5. The van der Waals surface area contributed by atoms with Crippen molar-refractivity contribution in [3.8, 4) is 6.07 Å². The summed E-state index contributed by atoms with van der Waals surface area (Å²) in [6, 6.07) is 20.8. The van der Waals surface area contributed by atoms with Gasteiger partial charge in [0.1, 0.15) is 5.92 Å². The zero-order chi connectivity index (χ0) is 12.8. The number of nitriles is 1. The van der Waals surface area contributed by atoms with Crippen LogP contribution in [0.4, 0.5) is 0 Å². The highest BCUT2D eigenvalue weighted by molar-refractivity contribution is 5.90. The van der Waals surface area contributed by atoms with Gasteiger partial charge in [0.2, 0.25) is 0 Å². The van der Waals surface area contributed by atoms with Crippen molar-refractivity contribution in [3.63, 3.8) is 0 Å². The molecule has 0 fully saturated rings. The minimum absolute atomic E-state index is 0.0603. The SMILES string of the molecule is N#CC(C(=O)Cc1ccccc1)c1ccccc1. The van der Waals surface area contributed by atoms with Crippen molar-refractivity contribution < 1.29 is 4.79 Å². The first-order chi connectivity index (χ1) is 8.81. The predicted octanol–water partition coefficient (Wildman–Crippen LogP) is 3.11. The molecule has 1 atom stereocenters. The van der Waals surface area contributed by atoms with E-state index in [2.05, 4.69) is 6.07 Å². The number of hydrogen-bond acceptors (Lipinski definition) is 2. The fraction of sp³-hybridized carbons (Fsp3) is 0.125. The second-order valence-corrected chi connectivity index (χ2v) is 4.10. The highest BCUT2D eigenvalue weighted by atomic mass is 16.1. The summed E-state index contributed by atoms with van der Waals surface area (Å²) in [6.07, 6.45) is 0.300. The number of carbonyl (C=O) groups excluding carboxylic acids is 1. The Bertz CT molecular complexity index is 555. The van der Waals surface area contributed by atoms with Gasteiger partial charge < -0.3 is 0 Å². The standard InChI is InChI=1S/C16H13NO/c17-12-15(14-9-5-2-6-10-14)16(18)11-13-7-3-1-4-8-13/h1-10,15H,11H2. The van der Waals surface area contributed by atoms with Gasteiger partial charge >= 0.3 is 0 Å². The van der Waals surface area contributed by atoms with Crippen molar-refractivity contribution >= 4 is 5.78 Å². The molecule has 0 spiro atoms. The van der Waals surface area contributed by atoms with Crippen molar-refractivity contribution in [2.45, 2.75) is 12.3 Å². The van der Waals surface area contributed by atoms with Crippen LogP contribution in [0.2, 0.25) is 0 Å². The fourth-order valence-electron chi connectivity index (χ4n) is 1.88. The van der Waals surface area contributed by atoms with Crippen LogP contribution in [0.5, 0.6) is 0 Å². The molecule has 0 saturated heterocycles. The van der Waals surface area contributed by atoms with E-state index in [9.17, 15) is 4.79 Å². The van der Waals surface area contributed by atoms with Crippen molar-refractivity contribution in [2.75, 3.05) is 0 Å². The molecule has 0 bridgehead atoms. The first kappa shape index (κ1) is 12.1. The lowest BCUT2D eigenvalue weighted by Gasteiger charge is -2.08. The van der Waals surface area contributed by atoms with Gasteiger partial charge in [0, 0.05) is 6.42 Å². The topological polar surface area (TPSA) is 40.9 Å². The van der Waals surface area contributed by atoms with Crippen LogP contribution in [0.3, 0.4) is 0 Å². The summed E-state index contributed by atoms with van der Waals surface area (Å²) in [5, 5.41) is 9.16. The van der Waals surface area contributed by atoms with Crippen LogP contribution in [-0.2, 0) is 11.2 Å². The van der Waals surface area contributed by atoms with Crippen molar-refractivity contribution in [1.82, 2.24) is 0 Å². The van der Waals surface area contributed by atoms with E-state index < -0.39 is 5.92 Å². The molecular weight excluding hydrogens is 222 g/mol. The van der Waals surface area contributed by atoms with E-state index in [1.807, 2.05) is 60.7 Å². The largest absolute Gasteiger partial charge is 0.297 e. The Hall–Kier alpha value is -2.40. The number of hydrogen-bond donors (Lipinski definition) is 0. The molecule has 2 rings (SSSR count). The van der Waals surface area contributed by atoms with Gasteiger partial charge in [0.25, 0.3) is 0 Å². The van der Waals surface area contributed by atoms with Crippen LogP contribution in [0.1, 0.15) is 17.0 Å². The Labute approximate surface area is 107 Å². The lowest BCUT2D eigenvalue weighted by Crippen LogP contribution is -2.13. The second-order valence-electron chi connectivity index (χ2n) is 4.10. The first-order valence-electron chi connectivity index (χ1n) is 5.82. The van der Waals surface area contributed by atoms with Gasteiger partial charge in [-0.05, 0) is 11.1 Å². The lowest BCUT2D eigenvalue weighted by atomic mass is 9.92. The van der Waals surface area contributed by atoms with Crippen LogP contribution >= 0.6 is 0 Å². The Balaban J connectivity index is 2.15. The highest BCUT2D eigenvalue weighted by Crippen LogP contribution is 2.17. The minimum atomic E-state index is -0.675. The molecule has 2 aromatic rings. The highest BCUT2D eigenvalue weighted by Gasteiger charge is 2.19. The maximum Gasteiger partial charge on any atom is 0.158 e. The number of nitrogens with zero attached hydrogens (tertiary/aromatic N) is 1. The van der Waals surface area contributed by atoms with E-state index in [4.69, 9.17) is 5.26 Å². The van der Waals surface area contributed by atoms with Crippen LogP contribution in [0, 0.1) is 11.3 Å². The summed E-state index contributed by atoms with van der Waals surface area (Å²) in [6.45, 7) is 0. The molecule has 0 N–H and O–H groups in total. The van der Waals surface area contributed by atoms with E-state index in [-0.39, 0.29) is 5.78 Å². The molecule has 88 valence electrons. The molecular formula is C16H13NO. The molecule has 0 aliphatic carbocycles. The third-order valence-corrected chi connectivity index (χ3v) is 2.81. The average molecular weight is 235 g/mol. The number of ketones is 1. The third-order valence-electron chi connectivity index (χ3n) is 2.81. The molecule has 0 aliphatic rings. The molecule has 18 heavy (non-hydrogen) atoms. The average Bonchev–Trinajstić information content (AvgIpc) is 2.42. The van der Waals surface area contributed by atoms with E-state index in [0.717, 1.165) is 11.1 Å². The number of carbonyl (C=O) groups is 1. The van der Waals surface area contributed by atoms with Gasteiger partial charge in [0.15, 0.2) is 5.78 Å². The first-order valence-corrected chi connectivity index (χ1v) is 5.82. The van der Waals surface area contributed by atoms with Gasteiger partial charge in [0.05, 0.1) is 6.07 Å². The smallest absolute Gasteiger partial charge is 0.158 e. The quantitative estimate of drug-likeness (QED) is 0.817. The van der Waals surface area contributed by atoms with Crippen molar-refractivity contribution in [3.05, 3.63) is 71.8 Å². The molecule has 0 radical (unpaired) electrons. The maximum atomic E-state index is 12.1. The molecule has 0 heterocycles. The molecule has 0 aliphatic heterocycles. The summed E-state index contributed by atoms with van der Waals surface area (Å²) < 4.78 is 0. The van der Waals surface area contributed by atoms with Gasteiger partial charge in [-0.1, -0.05) is 60.7 Å². The lowest BCUT2D eigenvalue weighted by molar-refractivity contribution is -0.118. The number of rotatable bonds is 4. The molecule has 2 nitrogen and oxygen atoms in total. The van der Waals surface area contributed by atoms with E-state index in [1.54, 1.807) is 0 Å². The summed E-state index contributed by atoms with van der Waals surface area (Å²) >= 11 is 0. The predicted molar refractivity (Wildman–Crippen MR) is 69.9 cm³/mol. The summed E-state index contributed by atoms with van der Waals surface area (Å²) in [5.41, 5.74) is 1.71. The summed E-state index contributed by atoms with van der Waals surface area (Å²) in [5.74, 6) is -0.735. The molecule has 0 saturated carbocycles. The third kappa shape index (κ3) is 2.83. The summed E-state index contributed by atoms with van der Waals surface area (Å²) in [7, 11) is 0. The fourth-order valence-corrected chi connectivity index (χ4v) is 1.88. The second kappa shape index (κ2) is 5.79. The summed E-state index contributed by atoms with van der Waals surface area (Å²) in [4.78, 5) is 12.1. The van der Waals surface area contributed by atoms with E-state index >= 15 is 0 Å². The zero-order valence-electron chi connectivity index (χ0n) is 9.91. The van der Waals surface area contributed by atoms with Gasteiger partial charge in [-0.25, -0.2) is 0 Å². The molecule has 0 amide bonds. The maximum absolute atomic E-state index is 12.1. The molecule has 2 aromatic carbocycles. The van der Waals surface area contributed by atoms with Crippen molar-refractivity contribution in [1.29, 1.82) is 5.26 Å². The molecule has 0 aromatic heterocycles. The molecule has 2 heteroatoms. The molecule has 1 unspecified atom stereocenters. The number of benzene rings is 2. The zero-order valence-corrected chi connectivity index (χ0v) is 9.91. The number of Topliss-reactive ketones (excluding diaryl/α,β-unsaturated/α-hetero) is 1. The minimum Gasteiger partial charge on any atom is -0.297 e. The van der Waals surface area contributed by atoms with Crippen LogP contribution in [0.15, 0.2) is 60.7 Å². The van der Waals surface area contributed by atoms with Gasteiger partial charge in [-0.3, -0.25) is 4.79 Å². The van der Waals surface area contributed by atoms with Crippen LogP contribution < -0.4 is 0 Å². The van der Waals surface area contributed by atoms with Gasteiger partial charge in [-0.15, -0.1) is 0 Å². The van der Waals surface area contributed by atoms with Crippen LogP contribution in [-0.4, -0.2) is 5.78 Å². The monoisotopic (exact) mass is 235 g/mol. The Kier molecular flexibility index (Phi) is 3.88.